The molecule has 6 heteroatoms. The number of hydrogen-bond acceptors (Lipinski definition) is 3. The van der Waals surface area contributed by atoms with E-state index in [9.17, 15) is 5.11 Å². The van der Waals surface area contributed by atoms with Gasteiger partial charge >= 0.3 is 0 Å². The number of benzene rings is 2. The fraction of sp³-hybridized carbons (Fsp3) is 0. The average Bonchev–Trinajstić information content (AvgIpc) is 2.69. The lowest BCUT2D eigenvalue weighted by Crippen LogP contribution is -1.82. The standard InChI is InChI=1S/C13H6Cl3NO2/c14-6-3-8(15)12(9(16)4-6)13-17-10-5-7(18)1-2-11(10)19-13/h1-5,18H. The fourth-order valence-corrected chi connectivity index (χ4v) is 2.75. The van der Waals surface area contributed by atoms with Crippen LogP contribution in [0.25, 0.3) is 22.6 Å². The van der Waals surface area contributed by atoms with Gasteiger partial charge in [0.2, 0.25) is 5.89 Å². The predicted octanol–water partition coefficient (Wildman–Crippen LogP) is 5.16. The molecular weight excluding hydrogens is 309 g/mol. The molecule has 0 unspecified atom stereocenters. The molecule has 0 aliphatic rings. The third-order valence-electron chi connectivity index (χ3n) is 2.59. The summed E-state index contributed by atoms with van der Waals surface area (Å²) >= 11 is 18.1. The van der Waals surface area contributed by atoms with Gasteiger partial charge in [-0.15, -0.1) is 0 Å². The number of fused-ring (bicyclic) bond motifs is 1. The van der Waals surface area contributed by atoms with Crippen molar-refractivity contribution in [3.8, 4) is 17.2 Å². The molecule has 1 aromatic heterocycles. The van der Waals surface area contributed by atoms with E-state index in [-0.39, 0.29) is 11.6 Å². The minimum atomic E-state index is 0.112. The van der Waals surface area contributed by atoms with Crippen molar-refractivity contribution in [2.75, 3.05) is 0 Å². The van der Waals surface area contributed by atoms with E-state index in [4.69, 9.17) is 39.2 Å². The van der Waals surface area contributed by atoms with Crippen molar-refractivity contribution in [3.05, 3.63) is 45.4 Å². The molecule has 0 bridgehead atoms. The molecule has 3 rings (SSSR count). The molecule has 0 atom stereocenters. The Morgan fingerprint density at radius 2 is 1.68 bits per heavy atom. The predicted molar refractivity (Wildman–Crippen MR) is 76.1 cm³/mol. The molecule has 1 N–H and O–H groups in total. The number of oxazole rings is 1. The molecule has 0 spiro atoms. The van der Waals surface area contributed by atoms with Crippen LogP contribution in [0.15, 0.2) is 34.7 Å². The summed E-state index contributed by atoms with van der Waals surface area (Å²) in [5.41, 5.74) is 1.54. The van der Waals surface area contributed by atoms with Crippen molar-refractivity contribution >= 4 is 45.9 Å². The summed E-state index contributed by atoms with van der Waals surface area (Å²) in [6.07, 6.45) is 0. The number of halogens is 3. The summed E-state index contributed by atoms with van der Waals surface area (Å²) < 4.78 is 5.58. The maximum Gasteiger partial charge on any atom is 0.230 e. The monoisotopic (exact) mass is 313 g/mol. The molecule has 0 aliphatic heterocycles. The molecule has 0 radical (unpaired) electrons. The number of rotatable bonds is 1. The summed E-state index contributed by atoms with van der Waals surface area (Å²) in [4.78, 5) is 4.26. The lowest BCUT2D eigenvalue weighted by atomic mass is 10.2. The first-order chi connectivity index (χ1) is 9.04. The van der Waals surface area contributed by atoms with E-state index in [0.29, 0.717) is 31.7 Å². The number of hydrogen-bond donors (Lipinski definition) is 1. The van der Waals surface area contributed by atoms with Gasteiger partial charge in [-0.1, -0.05) is 34.8 Å². The quantitative estimate of drug-likeness (QED) is 0.674. The van der Waals surface area contributed by atoms with Crippen molar-refractivity contribution < 1.29 is 9.52 Å². The number of phenols is 1. The van der Waals surface area contributed by atoms with E-state index in [1.807, 2.05) is 0 Å². The van der Waals surface area contributed by atoms with Crippen LogP contribution in [0, 0.1) is 0 Å². The van der Waals surface area contributed by atoms with Gasteiger partial charge in [0.05, 0.1) is 15.6 Å². The molecule has 0 fully saturated rings. The second-order valence-electron chi connectivity index (χ2n) is 3.92. The summed E-state index contributed by atoms with van der Waals surface area (Å²) in [7, 11) is 0. The van der Waals surface area contributed by atoms with E-state index in [1.165, 1.54) is 12.1 Å². The summed E-state index contributed by atoms with van der Waals surface area (Å²) in [5, 5.41) is 10.6. The summed E-state index contributed by atoms with van der Waals surface area (Å²) in [5.74, 6) is 0.396. The summed E-state index contributed by atoms with van der Waals surface area (Å²) in [6.45, 7) is 0. The molecule has 96 valence electrons. The Morgan fingerprint density at radius 1 is 1.00 bits per heavy atom. The fourth-order valence-electron chi connectivity index (χ4n) is 1.77. The molecule has 2 aromatic carbocycles. The smallest absolute Gasteiger partial charge is 0.230 e. The van der Waals surface area contributed by atoms with Crippen LogP contribution >= 0.6 is 34.8 Å². The Hall–Kier alpha value is -1.42. The number of phenolic OH excluding ortho intramolecular Hbond substituents is 1. The van der Waals surface area contributed by atoms with Crippen LogP contribution in [-0.2, 0) is 0 Å². The molecule has 0 amide bonds. The zero-order valence-corrected chi connectivity index (χ0v) is 11.6. The van der Waals surface area contributed by atoms with Crippen molar-refractivity contribution in [2.45, 2.75) is 0 Å². The largest absolute Gasteiger partial charge is 0.508 e. The van der Waals surface area contributed by atoms with Crippen LogP contribution in [0.3, 0.4) is 0 Å². The van der Waals surface area contributed by atoms with Gasteiger partial charge in [-0.05, 0) is 24.3 Å². The number of nitrogens with zero attached hydrogens (tertiary/aromatic N) is 1. The van der Waals surface area contributed by atoms with Crippen LogP contribution in [-0.4, -0.2) is 10.1 Å². The minimum absolute atomic E-state index is 0.112. The van der Waals surface area contributed by atoms with Gasteiger partial charge in [-0.2, -0.15) is 0 Å². The van der Waals surface area contributed by atoms with Gasteiger partial charge < -0.3 is 9.52 Å². The molecule has 0 saturated heterocycles. The van der Waals surface area contributed by atoms with Crippen LogP contribution in [0.1, 0.15) is 0 Å². The lowest BCUT2D eigenvalue weighted by Gasteiger charge is -2.03. The van der Waals surface area contributed by atoms with Crippen molar-refractivity contribution in [2.24, 2.45) is 0 Å². The van der Waals surface area contributed by atoms with E-state index in [2.05, 4.69) is 4.98 Å². The summed E-state index contributed by atoms with van der Waals surface area (Å²) in [6, 6.07) is 7.77. The van der Waals surface area contributed by atoms with Gasteiger partial charge in [0, 0.05) is 11.1 Å². The molecule has 0 saturated carbocycles. The van der Waals surface area contributed by atoms with Gasteiger partial charge in [0.15, 0.2) is 5.58 Å². The highest BCUT2D eigenvalue weighted by molar-refractivity contribution is 6.41. The Kier molecular flexibility index (Phi) is 3.05. The Balaban J connectivity index is 2.24. The number of aromatic nitrogens is 1. The highest BCUT2D eigenvalue weighted by Crippen LogP contribution is 2.38. The minimum Gasteiger partial charge on any atom is -0.508 e. The molecule has 0 aliphatic carbocycles. The molecule has 3 aromatic rings. The molecular formula is C13H6Cl3NO2. The highest BCUT2D eigenvalue weighted by Gasteiger charge is 2.16. The first-order valence-corrected chi connectivity index (χ1v) is 6.42. The van der Waals surface area contributed by atoms with Crippen LogP contribution in [0.4, 0.5) is 0 Å². The first-order valence-electron chi connectivity index (χ1n) is 5.29. The second-order valence-corrected chi connectivity index (χ2v) is 5.17. The van der Waals surface area contributed by atoms with E-state index in [1.54, 1.807) is 18.2 Å². The van der Waals surface area contributed by atoms with Crippen LogP contribution < -0.4 is 0 Å². The van der Waals surface area contributed by atoms with Gasteiger partial charge in [-0.3, -0.25) is 0 Å². The van der Waals surface area contributed by atoms with E-state index >= 15 is 0 Å². The van der Waals surface area contributed by atoms with Crippen molar-refractivity contribution in [1.82, 2.24) is 4.98 Å². The number of aromatic hydroxyl groups is 1. The van der Waals surface area contributed by atoms with Gasteiger partial charge in [0.1, 0.15) is 11.3 Å². The maximum atomic E-state index is 9.40. The van der Waals surface area contributed by atoms with Crippen LogP contribution in [0.5, 0.6) is 5.75 Å². The Bertz CT molecular complexity index is 760. The van der Waals surface area contributed by atoms with Crippen molar-refractivity contribution in [1.29, 1.82) is 0 Å². The second kappa shape index (κ2) is 4.60. The molecule has 3 nitrogen and oxygen atoms in total. The first kappa shape index (κ1) is 12.6. The molecule has 1 heterocycles. The van der Waals surface area contributed by atoms with Crippen LogP contribution in [0.2, 0.25) is 15.1 Å². The van der Waals surface area contributed by atoms with Crippen molar-refractivity contribution in [3.63, 3.8) is 0 Å². The van der Waals surface area contributed by atoms with Gasteiger partial charge in [-0.25, -0.2) is 4.98 Å². The normalized spacial score (nSPS) is 11.1. The Morgan fingerprint density at radius 3 is 2.37 bits per heavy atom. The third-order valence-corrected chi connectivity index (χ3v) is 3.41. The SMILES string of the molecule is Oc1ccc2oc(-c3c(Cl)cc(Cl)cc3Cl)nc2c1. The maximum absolute atomic E-state index is 9.40. The van der Waals surface area contributed by atoms with E-state index in [0.717, 1.165) is 0 Å². The lowest BCUT2D eigenvalue weighted by molar-refractivity contribution is 0.476. The zero-order chi connectivity index (χ0) is 13.6. The Labute approximate surface area is 123 Å². The molecule has 19 heavy (non-hydrogen) atoms. The average molecular weight is 315 g/mol. The third kappa shape index (κ3) is 2.25. The van der Waals surface area contributed by atoms with Gasteiger partial charge in [0.25, 0.3) is 0 Å². The van der Waals surface area contributed by atoms with E-state index < -0.39 is 0 Å². The topological polar surface area (TPSA) is 46.3 Å². The zero-order valence-electron chi connectivity index (χ0n) is 9.32. The highest BCUT2D eigenvalue weighted by atomic mass is 35.5.